The van der Waals surface area contributed by atoms with Crippen molar-refractivity contribution >= 4 is 35.4 Å². The zero-order valence-electron chi connectivity index (χ0n) is 16.2. The number of amides is 2. The number of hydrogen-bond donors (Lipinski definition) is 1. The van der Waals surface area contributed by atoms with E-state index in [1.807, 2.05) is 19.1 Å². The first-order valence-corrected chi connectivity index (χ1v) is 9.79. The van der Waals surface area contributed by atoms with Crippen molar-refractivity contribution < 1.29 is 14.0 Å². The molecule has 1 aromatic carbocycles. The summed E-state index contributed by atoms with van der Waals surface area (Å²) < 4.78 is 5.61. The van der Waals surface area contributed by atoms with Gasteiger partial charge in [-0.25, -0.2) is 0 Å². The van der Waals surface area contributed by atoms with Gasteiger partial charge in [0.25, 0.3) is 0 Å². The van der Waals surface area contributed by atoms with E-state index in [0.29, 0.717) is 13.0 Å². The van der Waals surface area contributed by atoms with Crippen LogP contribution in [0.15, 0.2) is 64.7 Å². The molecule has 150 valence electrons. The molecular weight excluding hydrogens is 386 g/mol. The highest BCUT2D eigenvalue weighted by Crippen LogP contribution is 2.28. The van der Waals surface area contributed by atoms with Gasteiger partial charge in [0.2, 0.25) is 11.8 Å². The predicted octanol–water partition coefficient (Wildman–Crippen LogP) is 3.23. The van der Waals surface area contributed by atoms with Crippen LogP contribution in [0.4, 0.5) is 0 Å². The van der Waals surface area contributed by atoms with E-state index in [4.69, 9.17) is 16.6 Å². The highest BCUT2D eigenvalue weighted by atomic mass is 32.1. The van der Waals surface area contributed by atoms with Gasteiger partial charge in [0, 0.05) is 25.2 Å². The molecule has 0 aliphatic carbocycles. The van der Waals surface area contributed by atoms with E-state index in [9.17, 15) is 9.59 Å². The number of carbonyl (C=O) groups excluding carboxylic acids is 2. The Hall–Kier alpha value is -3.06. The molecule has 2 aromatic rings. The maximum atomic E-state index is 12.5. The molecule has 2 amide bonds. The lowest BCUT2D eigenvalue weighted by molar-refractivity contribution is -0.137. The number of carbonyl (C=O) groups is 2. The van der Waals surface area contributed by atoms with E-state index < -0.39 is 11.8 Å². The lowest BCUT2D eigenvalue weighted by Crippen LogP contribution is -2.58. The van der Waals surface area contributed by atoms with Crippen molar-refractivity contribution in [3.05, 3.63) is 72.2 Å². The molecule has 29 heavy (non-hydrogen) atoms. The van der Waals surface area contributed by atoms with Crippen LogP contribution in [-0.4, -0.2) is 41.1 Å². The smallest absolute Gasteiger partial charge is 0.247 e. The van der Waals surface area contributed by atoms with Crippen LogP contribution < -0.4 is 5.32 Å². The Balaban J connectivity index is 1.68. The summed E-state index contributed by atoms with van der Waals surface area (Å²) >= 11 is 5.05. The van der Waals surface area contributed by atoms with Crippen LogP contribution in [0.3, 0.4) is 0 Å². The number of hydrogen-bond acceptors (Lipinski definition) is 5. The van der Waals surface area contributed by atoms with Gasteiger partial charge in [0.1, 0.15) is 5.76 Å². The third kappa shape index (κ3) is 4.86. The molecule has 7 heteroatoms. The van der Waals surface area contributed by atoms with Crippen molar-refractivity contribution in [1.29, 1.82) is 0 Å². The van der Waals surface area contributed by atoms with Gasteiger partial charge < -0.3 is 9.73 Å². The van der Waals surface area contributed by atoms with Gasteiger partial charge in [-0.2, -0.15) is 0 Å². The molecule has 1 unspecified atom stereocenters. The average molecular weight is 410 g/mol. The number of rotatable bonds is 8. The number of aliphatic imine (C=N–C) groups is 1. The number of furan rings is 1. The van der Waals surface area contributed by atoms with Crippen LogP contribution in [0.5, 0.6) is 0 Å². The molecule has 3 rings (SSSR count). The largest absolute Gasteiger partial charge is 0.469 e. The summed E-state index contributed by atoms with van der Waals surface area (Å²) in [5, 5.41) is 2.64. The molecule has 0 bridgehead atoms. The second-order valence-corrected chi connectivity index (χ2v) is 7.22. The quantitative estimate of drug-likeness (QED) is 0.314. The summed E-state index contributed by atoms with van der Waals surface area (Å²) in [4.78, 5) is 30.4. The Labute approximate surface area is 175 Å². The van der Waals surface area contributed by atoms with Crippen LogP contribution in [0, 0.1) is 12.8 Å². The van der Waals surface area contributed by atoms with E-state index in [2.05, 4.69) is 41.2 Å². The van der Waals surface area contributed by atoms with Gasteiger partial charge >= 0.3 is 0 Å². The van der Waals surface area contributed by atoms with Crippen molar-refractivity contribution in [2.75, 3.05) is 13.1 Å². The molecule has 1 fully saturated rings. The van der Waals surface area contributed by atoms with Crippen molar-refractivity contribution in [2.45, 2.75) is 19.3 Å². The normalized spacial score (nSPS) is 18.2. The second kappa shape index (κ2) is 9.43. The lowest BCUT2D eigenvalue weighted by Gasteiger charge is -2.29. The maximum absolute atomic E-state index is 12.5. The zero-order chi connectivity index (χ0) is 20.8. The van der Waals surface area contributed by atoms with Crippen LogP contribution in [0.2, 0.25) is 0 Å². The fourth-order valence-electron chi connectivity index (χ4n) is 3.21. The summed E-state index contributed by atoms with van der Waals surface area (Å²) in [6, 6.07) is 12.1. The first kappa shape index (κ1) is 20.7. The molecule has 2 atom stereocenters. The summed E-state index contributed by atoms with van der Waals surface area (Å²) in [6.07, 6.45) is 5.31. The SMILES string of the molecule is C=CCN1C(=O)C(C=NCC[C@@H](c2ccc(C)cc2)c2ccco2)C(=O)NC1=S. The van der Waals surface area contributed by atoms with E-state index in [0.717, 1.165) is 11.3 Å². The van der Waals surface area contributed by atoms with Crippen molar-refractivity contribution in [1.82, 2.24) is 10.2 Å². The maximum Gasteiger partial charge on any atom is 0.247 e. The van der Waals surface area contributed by atoms with Crippen LogP contribution >= 0.6 is 12.2 Å². The average Bonchev–Trinajstić information content (AvgIpc) is 3.22. The number of thiocarbonyl (C=S) groups is 1. The van der Waals surface area contributed by atoms with Gasteiger partial charge in [0.05, 0.1) is 6.26 Å². The third-order valence-electron chi connectivity index (χ3n) is 4.77. The lowest BCUT2D eigenvalue weighted by atomic mass is 9.92. The van der Waals surface area contributed by atoms with Gasteiger partial charge in [0.15, 0.2) is 11.0 Å². The molecule has 0 spiro atoms. The minimum absolute atomic E-state index is 0.0449. The summed E-state index contributed by atoms with van der Waals surface area (Å²) in [5.41, 5.74) is 2.32. The summed E-state index contributed by atoms with van der Waals surface area (Å²) in [5.74, 6) is -0.918. The topological polar surface area (TPSA) is 74.9 Å². The molecule has 6 nitrogen and oxygen atoms in total. The van der Waals surface area contributed by atoms with Gasteiger partial charge in [-0.05, 0) is 43.3 Å². The van der Waals surface area contributed by atoms with Crippen LogP contribution in [0.1, 0.15) is 29.2 Å². The highest BCUT2D eigenvalue weighted by molar-refractivity contribution is 7.80. The monoisotopic (exact) mass is 409 g/mol. The standard InChI is InChI=1S/C22H23N3O3S/c1-3-12-25-21(27)18(20(26)24-22(25)29)14-23-11-10-17(19-5-4-13-28-19)16-8-6-15(2)7-9-16/h3-9,13-14,17-18H,1,10-12H2,2H3,(H,24,26,29)/t17-,18?/m0/s1. The molecule has 0 radical (unpaired) electrons. The predicted molar refractivity (Wildman–Crippen MR) is 116 cm³/mol. The molecule has 1 saturated heterocycles. The summed E-state index contributed by atoms with van der Waals surface area (Å²) in [7, 11) is 0. The Morgan fingerprint density at radius 3 is 2.72 bits per heavy atom. The minimum atomic E-state index is -0.983. The van der Waals surface area contributed by atoms with Crippen LogP contribution in [-0.2, 0) is 9.59 Å². The molecule has 1 aromatic heterocycles. The first-order chi connectivity index (χ1) is 14.0. The summed E-state index contributed by atoms with van der Waals surface area (Å²) in [6.45, 7) is 6.35. The first-order valence-electron chi connectivity index (χ1n) is 9.38. The van der Waals surface area contributed by atoms with E-state index in [-0.39, 0.29) is 23.5 Å². The number of nitrogens with zero attached hydrogens (tertiary/aromatic N) is 2. The van der Waals surface area contributed by atoms with E-state index in [1.54, 1.807) is 12.3 Å². The molecular formula is C22H23N3O3S. The van der Waals surface area contributed by atoms with Crippen molar-refractivity contribution in [2.24, 2.45) is 10.9 Å². The number of aryl methyl sites for hydroxylation is 1. The second-order valence-electron chi connectivity index (χ2n) is 6.83. The third-order valence-corrected chi connectivity index (χ3v) is 5.09. The molecule has 1 aliphatic rings. The van der Waals surface area contributed by atoms with Crippen LogP contribution in [0.25, 0.3) is 0 Å². The molecule has 0 saturated carbocycles. The fraction of sp³-hybridized carbons (Fsp3) is 0.273. The minimum Gasteiger partial charge on any atom is -0.469 e. The van der Waals surface area contributed by atoms with Crippen molar-refractivity contribution in [3.63, 3.8) is 0 Å². The Morgan fingerprint density at radius 2 is 2.07 bits per heavy atom. The van der Waals surface area contributed by atoms with E-state index >= 15 is 0 Å². The molecule has 1 N–H and O–H groups in total. The van der Waals surface area contributed by atoms with Gasteiger partial charge in [-0.1, -0.05) is 35.9 Å². The van der Waals surface area contributed by atoms with Gasteiger partial charge in [-0.15, -0.1) is 6.58 Å². The zero-order valence-corrected chi connectivity index (χ0v) is 17.0. The number of benzene rings is 1. The van der Waals surface area contributed by atoms with Gasteiger partial charge in [-0.3, -0.25) is 19.5 Å². The van der Waals surface area contributed by atoms with E-state index in [1.165, 1.54) is 16.7 Å². The molecule has 1 aliphatic heterocycles. The Bertz CT molecular complexity index is 919. The Kier molecular flexibility index (Phi) is 6.72. The van der Waals surface area contributed by atoms with Crippen molar-refractivity contribution in [3.8, 4) is 0 Å². The number of nitrogens with one attached hydrogen (secondary N) is 1. The Morgan fingerprint density at radius 1 is 1.31 bits per heavy atom. The highest BCUT2D eigenvalue weighted by Gasteiger charge is 2.36. The fourth-order valence-corrected chi connectivity index (χ4v) is 3.47. The molecule has 2 heterocycles.